The number of fused-ring (bicyclic) bond motifs is 2. The van der Waals surface area contributed by atoms with Crippen molar-refractivity contribution in [3.8, 4) is 0 Å². The summed E-state index contributed by atoms with van der Waals surface area (Å²) in [6.07, 6.45) is 6.01. The molecule has 6 heteroatoms. The fourth-order valence-electron chi connectivity index (χ4n) is 3.39. The summed E-state index contributed by atoms with van der Waals surface area (Å²) in [6.45, 7) is 4.82. The van der Waals surface area contributed by atoms with E-state index >= 15 is 0 Å². The van der Waals surface area contributed by atoms with Gasteiger partial charge >= 0.3 is 0 Å². The average Bonchev–Trinajstić information content (AvgIpc) is 3.01. The Bertz CT molecular complexity index is 453. The van der Waals surface area contributed by atoms with Crippen molar-refractivity contribution in [2.24, 2.45) is 0 Å². The van der Waals surface area contributed by atoms with Crippen LogP contribution in [0.2, 0.25) is 0 Å². The molecular weight excluding hydrogens is 284 g/mol. The maximum absolute atomic E-state index is 5.04. The summed E-state index contributed by atoms with van der Waals surface area (Å²) in [6, 6.07) is 1.50. The summed E-state index contributed by atoms with van der Waals surface area (Å²) in [5.74, 6) is 0. The van der Waals surface area contributed by atoms with Crippen molar-refractivity contribution in [1.29, 1.82) is 0 Å². The summed E-state index contributed by atoms with van der Waals surface area (Å²) in [5, 5.41) is 4.58. The molecule has 118 valence electrons. The van der Waals surface area contributed by atoms with Crippen LogP contribution in [0.15, 0.2) is 6.20 Å². The van der Waals surface area contributed by atoms with E-state index in [0.717, 1.165) is 38.8 Å². The van der Waals surface area contributed by atoms with Gasteiger partial charge < -0.3 is 15.0 Å². The van der Waals surface area contributed by atoms with E-state index in [1.165, 1.54) is 29.3 Å². The Hall–Kier alpha value is -0.690. The predicted octanol–water partition coefficient (Wildman–Crippen LogP) is 1.55. The van der Waals surface area contributed by atoms with Gasteiger partial charge in [-0.3, -0.25) is 4.90 Å². The Kier molecular flexibility index (Phi) is 5.11. The first-order chi connectivity index (χ1) is 10.3. The van der Waals surface area contributed by atoms with Gasteiger partial charge in [-0.05, 0) is 26.3 Å². The molecule has 1 aromatic rings. The number of likely N-dealkylation sites (N-methyl/N-ethyl adjacent to an activating group) is 1. The van der Waals surface area contributed by atoms with E-state index in [0.29, 0.717) is 6.04 Å². The number of hydrogen-bond donors (Lipinski definition) is 1. The molecule has 1 N–H and O–H groups in total. The van der Waals surface area contributed by atoms with E-state index < -0.39 is 0 Å². The van der Waals surface area contributed by atoms with Gasteiger partial charge in [0.1, 0.15) is 0 Å². The third-order valence-electron chi connectivity index (χ3n) is 4.74. The molecule has 2 unspecified atom stereocenters. The number of thiazole rings is 1. The number of hydrogen-bond acceptors (Lipinski definition) is 6. The quantitative estimate of drug-likeness (QED) is 0.808. The Morgan fingerprint density at radius 2 is 2.24 bits per heavy atom. The van der Waals surface area contributed by atoms with Crippen molar-refractivity contribution >= 4 is 16.5 Å². The van der Waals surface area contributed by atoms with Gasteiger partial charge in [-0.15, -0.1) is 11.3 Å². The number of rotatable bonds is 6. The molecule has 0 saturated carbocycles. The summed E-state index contributed by atoms with van der Waals surface area (Å²) >= 11 is 1.83. The van der Waals surface area contributed by atoms with Gasteiger partial charge in [0, 0.05) is 56.4 Å². The molecule has 2 saturated heterocycles. The SMILES string of the molecule is COCCNCc1cnc(N2CCC3CCC(C2)N3C)s1. The standard InChI is InChI=1S/C15H26N4OS/c1-18-12-3-4-13(18)11-19(7-5-12)15-17-10-14(21-15)9-16-6-8-20-2/h10,12-13,16H,3-9,11H2,1-2H3. The molecule has 5 nitrogen and oxygen atoms in total. The minimum absolute atomic E-state index is 0.713. The molecule has 0 radical (unpaired) electrons. The van der Waals surface area contributed by atoms with Gasteiger partial charge in [0.25, 0.3) is 0 Å². The van der Waals surface area contributed by atoms with E-state index in [9.17, 15) is 0 Å². The molecule has 0 aliphatic carbocycles. The fourth-order valence-corrected chi connectivity index (χ4v) is 4.31. The second-order valence-corrected chi connectivity index (χ2v) is 7.16. The van der Waals surface area contributed by atoms with Crippen molar-refractivity contribution in [2.75, 3.05) is 45.3 Å². The van der Waals surface area contributed by atoms with Crippen LogP contribution in [0.4, 0.5) is 5.13 Å². The van der Waals surface area contributed by atoms with E-state index in [4.69, 9.17) is 4.74 Å². The smallest absolute Gasteiger partial charge is 0.185 e. The molecule has 21 heavy (non-hydrogen) atoms. The Labute approximate surface area is 131 Å². The summed E-state index contributed by atoms with van der Waals surface area (Å²) in [7, 11) is 4.02. The molecule has 3 rings (SSSR count). The first-order valence-electron chi connectivity index (χ1n) is 7.89. The highest BCUT2D eigenvalue weighted by Gasteiger charge is 2.35. The van der Waals surface area contributed by atoms with Crippen molar-refractivity contribution in [3.05, 3.63) is 11.1 Å². The lowest BCUT2D eigenvalue weighted by Gasteiger charge is -2.25. The molecule has 2 atom stereocenters. The number of anilines is 1. The van der Waals surface area contributed by atoms with Crippen LogP contribution in [0.1, 0.15) is 24.1 Å². The zero-order chi connectivity index (χ0) is 14.7. The Balaban J connectivity index is 1.56. The average molecular weight is 310 g/mol. The van der Waals surface area contributed by atoms with E-state index in [1.807, 2.05) is 17.5 Å². The third-order valence-corrected chi connectivity index (χ3v) is 5.80. The molecular formula is C15H26N4OS. The predicted molar refractivity (Wildman–Crippen MR) is 87.1 cm³/mol. The lowest BCUT2D eigenvalue weighted by atomic mass is 10.1. The highest BCUT2D eigenvalue weighted by Crippen LogP contribution is 2.32. The topological polar surface area (TPSA) is 40.6 Å². The molecule has 0 spiro atoms. The monoisotopic (exact) mass is 310 g/mol. The lowest BCUT2D eigenvalue weighted by molar-refractivity contribution is 0.199. The normalized spacial score (nSPS) is 26.3. The maximum Gasteiger partial charge on any atom is 0.185 e. The zero-order valence-electron chi connectivity index (χ0n) is 13.0. The second-order valence-electron chi connectivity index (χ2n) is 6.06. The van der Waals surface area contributed by atoms with Crippen LogP contribution < -0.4 is 10.2 Å². The molecule has 2 aliphatic heterocycles. The van der Waals surface area contributed by atoms with Crippen molar-refractivity contribution < 1.29 is 4.74 Å². The van der Waals surface area contributed by atoms with Crippen molar-refractivity contribution in [2.45, 2.75) is 37.9 Å². The molecule has 1 aromatic heterocycles. The van der Waals surface area contributed by atoms with Crippen LogP contribution in [-0.4, -0.2) is 62.4 Å². The molecule has 2 aliphatic rings. The van der Waals surface area contributed by atoms with Crippen LogP contribution in [0, 0.1) is 0 Å². The van der Waals surface area contributed by atoms with Crippen molar-refractivity contribution in [3.63, 3.8) is 0 Å². The third kappa shape index (κ3) is 3.56. The lowest BCUT2D eigenvalue weighted by Crippen LogP contribution is -2.36. The van der Waals surface area contributed by atoms with Crippen LogP contribution >= 0.6 is 11.3 Å². The highest BCUT2D eigenvalue weighted by atomic mass is 32.1. The summed E-state index contributed by atoms with van der Waals surface area (Å²) in [4.78, 5) is 11.0. The number of methoxy groups -OCH3 is 1. The largest absolute Gasteiger partial charge is 0.383 e. The Morgan fingerprint density at radius 1 is 1.38 bits per heavy atom. The number of aromatic nitrogens is 1. The first-order valence-corrected chi connectivity index (χ1v) is 8.71. The summed E-state index contributed by atoms with van der Waals surface area (Å²) < 4.78 is 5.04. The fraction of sp³-hybridized carbons (Fsp3) is 0.800. The van der Waals surface area contributed by atoms with Crippen LogP contribution in [0.3, 0.4) is 0 Å². The van der Waals surface area contributed by atoms with Gasteiger partial charge in [-0.2, -0.15) is 0 Å². The molecule has 2 bridgehead atoms. The molecule has 2 fully saturated rings. The van der Waals surface area contributed by atoms with Gasteiger partial charge in [0.15, 0.2) is 5.13 Å². The zero-order valence-corrected chi connectivity index (χ0v) is 13.9. The van der Waals surface area contributed by atoms with E-state index in [1.54, 1.807) is 7.11 Å². The molecule has 3 heterocycles. The van der Waals surface area contributed by atoms with E-state index in [-0.39, 0.29) is 0 Å². The van der Waals surface area contributed by atoms with Gasteiger partial charge in [0.2, 0.25) is 0 Å². The van der Waals surface area contributed by atoms with Gasteiger partial charge in [-0.1, -0.05) is 0 Å². The summed E-state index contributed by atoms with van der Waals surface area (Å²) in [5.41, 5.74) is 0. The number of nitrogens with zero attached hydrogens (tertiary/aromatic N) is 3. The maximum atomic E-state index is 5.04. The van der Waals surface area contributed by atoms with Crippen LogP contribution in [0.25, 0.3) is 0 Å². The highest BCUT2D eigenvalue weighted by molar-refractivity contribution is 7.15. The Morgan fingerprint density at radius 3 is 3.10 bits per heavy atom. The minimum Gasteiger partial charge on any atom is -0.383 e. The molecule has 0 aromatic carbocycles. The van der Waals surface area contributed by atoms with E-state index in [2.05, 4.69) is 27.1 Å². The van der Waals surface area contributed by atoms with Gasteiger partial charge in [-0.25, -0.2) is 4.98 Å². The molecule has 0 amide bonds. The van der Waals surface area contributed by atoms with Crippen LogP contribution in [-0.2, 0) is 11.3 Å². The van der Waals surface area contributed by atoms with Gasteiger partial charge in [0.05, 0.1) is 6.61 Å². The first kappa shape index (κ1) is 15.2. The van der Waals surface area contributed by atoms with Crippen molar-refractivity contribution in [1.82, 2.24) is 15.2 Å². The van der Waals surface area contributed by atoms with Crippen LogP contribution in [0.5, 0.6) is 0 Å². The number of ether oxygens (including phenoxy) is 1. The number of nitrogens with one attached hydrogen (secondary N) is 1. The second kappa shape index (κ2) is 7.05. The minimum atomic E-state index is 0.713.